The summed E-state index contributed by atoms with van der Waals surface area (Å²) in [6, 6.07) is 13.6. The van der Waals surface area contributed by atoms with E-state index in [0.717, 1.165) is 11.3 Å². The average molecular weight is 410 g/mol. The Balaban J connectivity index is 1.81. The summed E-state index contributed by atoms with van der Waals surface area (Å²) in [4.78, 5) is 12.5. The molecule has 0 spiro atoms. The topological polar surface area (TPSA) is 72.5 Å². The average Bonchev–Trinajstić information content (AvgIpc) is 2.64. The number of amides is 1. The summed E-state index contributed by atoms with van der Waals surface area (Å²) in [5.41, 5.74) is 0.885. The van der Waals surface area contributed by atoms with E-state index < -0.39 is 9.84 Å². The Morgan fingerprint density at radius 2 is 1.74 bits per heavy atom. The van der Waals surface area contributed by atoms with Crippen LogP contribution in [-0.4, -0.2) is 27.2 Å². The molecule has 0 saturated heterocycles. The molecule has 1 atom stereocenters. The number of nitrogens with one attached hydrogen (secondary N) is 1. The van der Waals surface area contributed by atoms with Crippen LogP contribution in [0.3, 0.4) is 0 Å². The highest BCUT2D eigenvalue weighted by Gasteiger charge is 2.14. The molecule has 0 radical (unpaired) electrons. The van der Waals surface area contributed by atoms with Crippen molar-refractivity contribution in [3.05, 3.63) is 59.1 Å². The van der Waals surface area contributed by atoms with Gasteiger partial charge in [0.05, 0.1) is 17.5 Å². The van der Waals surface area contributed by atoms with Crippen molar-refractivity contribution in [3.63, 3.8) is 0 Å². The van der Waals surface area contributed by atoms with Crippen LogP contribution in [0.1, 0.15) is 37.8 Å². The predicted octanol–water partition coefficient (Wildman–Crippen LogP) is 4.17. The van der Waals surface area contributed by atoms with Crippen LogP contribution < -0.4 is 10.1 Å². The van der Waals surface area contributed by atoms with Crippen molar-refractivity contribution in [2.75, 3.05) is 12.9 Å². The molecule has 1 amide bonds. The molecule has 0 aliphatic heterocycles. The number of sulfone groups is 1. The Labute approximate surface area is 165 Å². The number of ether oxygens (including phenoxy) is 1. The highest BCUT2D eigenvalue weighted by molar-refractivity contribution is 7.90. The number of carbonyl (C=O) groups excluding carboxylic acids is 1. The van der Waals surface area contributed by atoms with Gasteiger partial charge >= 0.3 is 0 Å². The summed E-state index contributed by atoms with van der Waals surface area (Å²) in [7, 11) is -3.22. The van der Waals surface area contributed by atoms with Crippen molar-refractivity contribution in [3.8, 4) is 5.75 Å². The number of hydrogen-bond donors (Lipinski definition) is 1. The van der Waals surface area contributed by atoms with Crippen LogP contribution in [0.15, 0.2) is 53.4 Å². The summed E-state index contributed by atoms with van der Waals surface area (Å²) in [6.07, 6.45) is 2.84. The van der Waals surface area contributed by atoms with E-state index >= 15 is 0 Å². The highest BCUT2D eigenvalue weighted by Crippen LogP contribution is 2.20. The molecule has 0 fully saturated rings. The molecular weight excluding hydrogens is 386 g/mol. The zero-order valence-corrected chi connectivity index (χ0v) is 17.0. The first-order valence-electron chi connectivity index (χ1n) is 8.77. The summed E-state index contributed by atoms with van der Waals surface area (Å²) >= 11 is 5.82. The first-order valence-corrected chi connectivity index (χ1v) is 11.0. The van der Waals surface area contributed by atoms with Gasteiger partial charge in [-0.05, 0) is 54.8 Å². The Bertz CT molecular complexity index is 849. The molecule has 5 nitrogen and oxygen atoms in total. The van der Waals surface area contributed by atoms with Crippen molar-refractivity contribution < 1.29 is 17.9 Å². The van der Waals surface area contributed by atoms with Crippen LogP contribution >= 0.6 is 11.6 Å². The lowest BCUT2D eigenvalue weighted by Crippen LogP contribution is -2.28. The molecule has 1 N–H and O–H groups in total. The third-order valence-corrected chi connectivity index (χ3v) is 5.47. The van der Waals surface area contributed by atoms with Gasteiger partial charge in [-0.2, -0.15) is 0 Å². The van der Waals surface area contributed by atoms with Gasteiger partial charge in [0.2, 0.25) is 5.91 Å². The fourth-order valence-electron chi connectivity index (χ4n) is 2.59. The van der Waals surface area contributed by atoms with Gasteiger partial charge in [-0.3, -0.25) is 4.79 Å². The molecule has 2 rings (SSSR count). The summed E-state index contributed by atoms with van der Waals surface area (Å²) < 4.78 is 28.7. The molecule has 0 saturated carbocycles. The van der Waals surface area contributed by atoms with Gasteiger partial charge in [0.15, 0.2) is 9.84 Å². The van der Waals surface area contributed by atoms with Crippen molar-refractivity contribution in [1.82, 2.24) is 5.32 Å². The fourth-order valence-corrected chi connectivity index (χ4v) is 3.34. The molecule has 0 bridgehead atoms. The molecule has 0 aromatic heterocycles. The Kier molecular flexibility index (Phi) is 7.68. The zero-order chi connectivity index (χ0) is 19.9. The number of rotatable bonds is 9. The van der Waals surface area contributed by atoms with Crippen LogP contribution in [0.4, 0.5) is 0 Å². The van der Waals surface area contributed by atoms with Crippen LogP contribution in [0.2, 0.25) is 5.02 Å². The standard InChI is InChI=1S/C20H24ClNO4S/c1-3-19(15-6-12-18(13-7-15)27(2,24)25)22-20(23)5-4-14-26-17-10-8-16(21)9-11-17/h6-13,19H,3-5,14H2,1-2H3,(H,22,23)/t19-/m1/s1. The molecule has 146 valence electrons. The Morgan fingerprint density at radius 3 is 2.30 bits per heavy atom. The van der Waals surface area contributed by atoms with Crippen molar-refractivity contribution in [2.45, 2.75) is 37.1 Å². The van der Waals surface area contributed by atoms with Gasteiger partial charge in [-0.1, -0.05) is 30.7 Å². The molecule has 0 heterocycles. The Morgan fingerprint density at radius 1 is 1.11 bits per heavy atom. The maximum absolute atomic E-state index is 12.2. The molecule has 27 heavy (non-hydrogen) atoms. The largest absolute Gasteiger partial charge is 0.494 e. The maximum atomic E-state index is 12.2. The minimum atomic E-state index is -3.22. The molecule has 0 unspecified atom stereocenters. The van der Waals surface area contributed by atoms with E-state index in [9.17, 15) is 13.2 Å². The predicted molar refractivity (Wildman–Crippen MR) is 107 cm³/mol. The second-order valence-corrected chi connectivity index (χ2v) is 8.73. The molecule has 2 aromatic rings. The van der Waals surface area contributed by atoms with E-state index in [1.807, 2.05) is 6.92 Å². The minimum Gasteiger partial charge on any atom is -0.494 e. The summed E-state index contributed by atoms with van der Waals surface area (Å²) in [5.74, 6) is 0.658. The molecule has 0 aliphatic carbocycles. The maximum Gasteiger partial charge on any atom is 0.220 e. The number of hydrogen-bond acceptors (Lipinski definition) is 4. The van der Waals surface area contributed by atoms with Gasteiger partial charge in [-0.15, -0.1) is 0 Å². The fraction of sp³-hybridized carbons (Fsp3) is 0.350. The van der Waals surface area contributed by atoms with Gasteiger partial charge in [-0.25, -0.2) is 8.42 Å². The van der Waals surface area contributed by atoms with Gasteiger partial charge < -0.3 is 10.1 Å². The van der Waals surface area contributed by atoms with E-state index in [0.29, 0.717) is 30.9 Å². The molecule has 0 aliphatic rings. The van der Waals surface area contributed by atoms with Crippen LogP contribution in [0.25, 0.3) is 0 Å². The summed E-state index contributed by atoms with van der Waals surface area (Å²) in [6.45, 7) is 2.41. The molecule has 7 heteroatoms. The van der Waals surface area contributed by atoms with Crippen molar-refractivity contribution >= 4 is 27.3 Å². The summed E-state index contributed by atoms with van der Waals surface area (Å²) in [5, 5.41) is 3.64. The van der Waals surface area contributed by atoms with Gasteiger partial charge in [0.1, 0.15) is 5.75 Å². The quantitative estimate of drug-likeness (QED) is 0.631. The normalized spacial score (nSPS) is 12.4. The first-order chi connectivity index (χ1) is 12.8. The first kappa shape index (κ1) is 21.3. The molecular formula is C20H24ClNO4S. The van der Waals surface area contributed by atoms with E-state index in [1.165, 1.54) is 6.26 Å². The SMILES string of the molecule is CC[C@@H](NC(=O)CCCOc1ccc(Cl)cc1)c1ccc(S(C)(=O)=O)cc1. The number of carbonyl (C=O) groups is 1. The van der Waals surface area contributed by atoms with Crippen molar-refractivity contribution in [1.29, 1.82) is 0 Å². The smallest absolute Gasteiger partial charge is 0.220 e. The third-order valence-electron chi connectivity index (χ3n) is 4.08. The lowest BCUT2D eigenvalue weighted by atomic mass is 10.0. The third kappa shape index (κ3) is 6.88. The second-order valence-electron chi connectivity index (χ2n) is 6.28. The van der Waals surface area contributed by atoms with Gasteiger partial charge in [0.25, 0.3) is 0 Å². The van der Waals surface area contributed by atoms with E-state index in [2.05, 4.69) is 5.32 Å². The van der Waals surface area contributed by atoms with E-state index in [4.69, 9.17) is 16.3 Å². The molecule has 2 aromatic carbocycles. The second kappa shape index (κ2) is 9.76. The lowest BCUT2D eigenvalue weighted by molar-refractivity contribution is -0.122. The van der Waals surface area contributed by atoms with Crippen LogP contribution in [-0.2, 0) is 14.6 Å². The van der Waals surface area contributed by atoms with E-state index in [-0.39, 0.29) is 16.8 Å². The minimum absolute atomic E-state index is 0.0613. The van der Waals surface area contributed by atoms with Crippen molar-refractivity contribution in [2.24, 2.45) is 0 Å². The van der Waals surface area contributed by atoms with Gasteiger partial charge in [0, 0.05) is 17.7 Å². The van der Waals surface area contributed by atoms with Crippen LogP contribution in [0, 0.1) is 0 Å². The van der Waals surface area contributed by atoms with Crippen LogP contribution in [0.5, 0.6) is 5.75 Å². The lowest BCUT2D eigenvalue weighted by Gasteiger charge is -2.18. The zero-order valence-electron chi connectivity index (χ0n) is 15.4. The highest BCUT2D eigenvalue weighted by atomic mass is 35.5. The monoisotopic (exact) mass is 409 g/mol. The van der Waals surface area contributed by atoms with E-state index in [1.54, 1.807) is 48.5 Å². The Hall–Kier alpha value is -2.05. The number of halogens is 1. The number of benzene rings is 2.